The first-order valence-electron chi connectivity index (χ1n) is 11.8. The second kappa shape index (κ2) is 9.89. The zero-order chi connectivity index (χ0) is 26.1. The summed E-state index contributed by atoms with van der Waals surface area (Å²) < 4.78 is 27.8. The predicted octanol–water partition coefficient (Wildman–Crippen LogP) is 4.85. The largest absolute Gasteiger partial charge is 0.493 e. The van der Waals surface area contributed by atoms with Crippen LogP contribution < -0.4 is 24.7 Å². The number of carbonyl (C=O) groups is 1. The van der Waals surface area contributed by atoms with Gasteiger partial charge in [-0.15, -0.1) is 0 Å². The Morgan fingerprint density at radius 1 is 1.00 bits per heavy atom. The zero-order valence-electron chi connectivity index (χ0n) is 21.1. The van der Waals surface area contributed by atoms with E-state index in [9.17, 15) is 9.59 Å². The van der Waals surface area contributed by atoms with Gasteiger partial charge in [0, 0.05) is 29.5 Å². The van der Waals surface area contributed by atoms with Crippen LogP contribution in [-0.2, 0) is 17.7 Å². The Morgan fingerprint density at radius 3 is 2.43 bits per heavy atom. The average Bonchev–Trinajstić information content (AvgIpc) is 2.94. The Hall–Kier alpha value is -4.46. The zero-order valence-corrected chi connectivity index (χ0v) is 21.1. The lowest BCUT2D eigenvalue weighted by molar-refractivity contribution is 0.0600. The third kappa shape index (κ3) is 4.35. The van der Waals surface area contributed by atoms with Gasteiger partial charge in [0.05, 0.1) is 44.7 Å². The van der Waals surface area contributed by atoms with Gasteiger partial charge in [-0.2, -0.15) is 0 Å². The average molecular weight is 502 g/mol. The summed E-state index contributed by atoms with van der Waals surface area (Å²) in [5, 5.41) is 0.843. The molecule has 5 rings (SSSR count). The Morgan fingerprint density at radius 2 is 1.73 bits per heavy atom. The first-order valence-corrected chi connectivity index (χ1v) is 11.8. The molecule has 1 aliphatic rings. The highest BCUT2D eigenvalue weighted by atomic mass is 16.5. The molecular formula is C29H27NO7. The number of hydrogen-bond acceptors (Lipinski definition) is 8. The van der Waals surface area contributed by atoms with E-state index in [-0.39, 0.29) is 12.4 Å². The molecule has 0 atom stereocenters. The number of aryl methyl sites for hydroxylation is 1. The van der Waals surface area contributed by atoms with Crippen molar-refractivity contribution < 1.29 is 28.2 Å². The maximum atomic E-state index is 13.1. The second-order valence-electron chi connectivity index (χ2n) is 8.76. The normalized spacial score (nSPS) is 12.6. The van der Waals surface area contributed by atoms with Crippen molar-refractivity contribution in [3.8, 4) is 17.2 Å². The van der Waals surface area contributed by atoms with Gasteiger partial charge in [-0.25, -0.2) is 9.59 Å². The van der Waals surface area contributed by atoms with E-state index in [2.05, 4.69) is 0 Å². The van der Waals surface area contributed by atoms with Gasteiger partial charge in [0.25, 0.3) is 0 Å². The highest BCUT2D eigenvalue weighted by molar-refractivity contribution is 5.97. The van der Waals surface area contributed by atoms with E-state index in [1.54, 1.807) is 12.1 Å². The van der Waals surface area contributed by atoms with Crippen LogP contribution in [0.4, 0.5) is 5.69 Å². The lowest BCUT2D eigenvalue weighted by Crippen LogP contribution is -2.33. The van der Waals surface area contributed by atoms with Crippen molar-refractivity contribution in [1.82, 2.24) is 0 Å². The molecule has 0 bridgehead atoms. The molecular weight excluding hydrogens is 474 g/mol. The van der Waals surface area contributed by atoms with Gasteiger partial charge < -0.3 is 28.3 Å². The van der Waals surface area contributed by atoms with Crippen molar-refractivity contribution in [3.63, 3.8) is 0 Å². The summed E-state index contributed by atoms with van der Waals surface area (Å²) in [4.78, 5) is 27.6. The van der Waals surface area contributed by atoms with Crippen LogP contribution in [0.3, 0.4) is 0 Å². The number of methoxy groups -OCH3 is 3. The SMILES string of the molecule is COC(=O)c1cc(OC)c(OC)cc1N1COc2ccc3c(C)c(Cc4ccccc4)c(=O)oc3c2C1. The molecule has 0 N–H and O–H groups in total. The summed E-state index contributed by atoms with van der Waals surface area (Å²) in [5.41, 5.74) is 4.20. The van der Waals surface area contributed by atoms with Crippen molar-refractivity contribution >= 4 is 22.6 Å². The van der Waals surface area contributed by atoms with Crippen LogP contribution >= 0.6 is 0 Å². The molecule has 2 heterocycles. The first kappa shape index (κ1) is 24.2. The predicted molar refractivity (Wildman–Crippen MR) is 139 cm³/mol. The molecule has 0 amide bonds. The number of nitrogens with zero attached hydrogens (tertiary/aromatic N) is 1. The molecule has 0 fully saturated rings. The van der Waals surface area contributed by atoms with E-state index in [1.807, 2.05) is 54.3 Å². The number of benzene rings is 3. The van der Waals surface area contributed by atoms with E-state index in [4.69, 9.17) is 23.4 Å². The van der Waals surface area contributed by atoms with Gasteiger partial charge in [0.2, 0.25) is 0 Å². The molecule has 8 heteroatoms. The van der Waals surface area contributed by atoms with Crippen molar-refractivity contribution in [2.75, 3.05) is 33.0 Å². The Balaban J connectivity index is 1.59. The summed E-state index contributed by atoms with van der Waals surface area (Å²) >= 11 is 0. The standard InChI is InChI=1S/C29H27NO7/c1-17-19-10-11-24-22(27(19)37-29(32)20(17)12-18-8-6-5-7-9-18)15-30(16-36-24)23-14-26(34-3)25(33-2)13-21(23)28(31)35-4/h5-11,13-14H,12,15-16H2,1-4H3. The molecule has 1 aromatic heterocycles. The third-order valence-corrected chi connectivity index (χ3v) is 6.71. The van der Waals surface area contributed by atoms with Crippen LogP contribution in [0.25, 0.3) is 11.0 Å². The number of hydrogen-bond donors (Lipinski definition) is 0. The molecule has 1 aliphatic heterocycles. The van der Waals surface area contributed by atoms with Gasteiger partial charge >= 0.3 is 11.6 Å². The number of rotatable bonds is 6. The minimum Gasteiger partial charge on any atom is -0.493 e. The van der Waals surface area contributed by atoms with E-state index in [0.29, 0.717) is 52.6 Å². The van der Waals surface area contributed by atoms with Crippen molar-refractivity contribution in [3.05, 3.63) is 92.8 Å². The Kier molecular flexibility index (Phi) is 6.48. The van der Waals surface area contributed by atoms with E-state index in [0.717, 1.165) is 22.1 Å². The highest BCUT2D eigenvalue weighted by Crippen LogP contribution is 2.40. The Bertz CT molecular complexity index is 1540. The smallest absolute Gasteiger partial charge is 0.340 e. The topological polar surface area (TPSA) is 87.4 Å². The number of ether oxygens (including phenoxy) is 4. The molecule has 190 valence electrons. The first-order chi connectivity index (χ1) is 17.9. The van der Waals surface area contributed by atoms with Crippen LogP contribution in [0, 0.1) is 6.92 Å². The Labute approximate surface area is 213 Å². The lowest BCUT2D eigenvalue weighted by atomic mass is 9.97. The van der Waals surface area contributed by atoms with Crippen LogP contribution in [0.1, 0.15) is 32.6 Å². The quantitative estimate of drug-likeness (QED) is 0.274. The van der Waals surface area contributed by atoms with Crippen LogP contribution in [-0.4, -0.2) is 34.0 Å². The van der Waals surface area contributed by atoms with E-state index < -0.39 is 5.97 Å². The third-order valence-electron chi connectivity index (χ3n) is 6.71. The van der Waals surface area contributed by atoms with Crippen molar-refractivity contribution in [2.24, 2.45) is 0 Å². The minimum atomic E-state index is -0.521. The maximum Gasteiger partial charge on any atom is 0.340 e. The molecule has 0 unspecified atom stereocenters. The maximum absolute atomic E-state index is 13.1. The summed E-state index contributed by atoms with van der Waals surface area (Å²) in [5.74, 6) is 0.972. The fourth-order valence-corrected chi connectivity index (χ4v) is 4.72. The lowest BCUT2D eigenvalue weighted by Gasteiger charge is -2.32. The highest BCUT2D eigenvalue weighted by Gasteiger charge is 2.28. The van der Waals surface area contributed by atoms with Crippen molar-refractivity contribution in [1.29, 1.82) is 0 Å². The summed E-state index contributed by atoms with van der Waals surface area (Å²) in [6.45, 7) is 2.45. The molecule has 37 heavy (non-hydrogen) atoms. The molecule has 0 saturated heterocycles. The molecule has 0 spiro atoms. The fourth-order valence-electron chi connectivity index (χ4n) is 4.72. The summed E-state index contributed by atoms with van der Waals surface area (Å²) in [6.07, 6.45) is 0.485. The van der Waals surface area contributed by atoms with E-state index >= 15 is 0 Å². The minimum absolute atomic E-state index is 0.174. The molecule has 3 aromatic carbocycles. The monoisotopic (exact) mass is 501 g/mol. The molecule has 0 saturated carbocycles. The van der Waals surface area contributed by atoms with Crippen molar-refractivity contribution in [2.45, 2.75) is 19.9 Å². The number of fused-ring (bicyclic) bond motifs is 3. The van der Waals surface area contributed by atoms with Gasteiger partial charge in [-0.1, -0.05) is 30.3 Å². The van der Waals surface area contributed by atoms with Gasteiger partial charge in [-0.05, 0) is 30.2 Å². The van der Waals surface area contributed by atoms with Gasteiger partial charge in [0.15, 0.2) is 18.2 Å². The summed E-state index contributed by atoms with van der Waals surface area (Å²) in [7, 11) is 4.35. The molecule has 0 aliphatic carbocycles. The number of anilines is 1. The number of esters is 1. The van der Waals surface area contributed by atoms with Gasteiger partial charge in [0.1, 0.15) is 11.3 Å². The fraction of sp³-hybridized carbons (Fsp3) is 0.241. The van der Waals surface area contributed by atoms with Crippen LogP contribution in [0.15, 0.2) is 63.8 Å². The summed E-state index contributed by atoms with van der Waals surface area (Å²) in [6, 6.07) is 16.9. The molecule has 4 aromatic rings. The van der Waals surface area contributed by atoms with Gasteiger partial charge in [-0.3, -0.25) is 0 Å². The van der Waals surface area contributed by atoms with Crippen LogP contribution in [0.5, 0.6) is 17.2 Å². The molecule has 0 radical (unpaired) electrons. The second-order valence-corrected chi connectivity index (χ2v) is 8.76. The molecule has 8 nitrogen and oxygen atoms in total. The van der Waals surface area contributed by atoms with E-state index in [1.165, 1.54) is 21.3 Å². The van der Waals surface area contributed by atoms with Crippen LogP contribution in [0.2, 0.25) is 0 Å². The number of carbonyl (C=O) groups excluding carboxylic acids is 1.